The van der Waals surface area contributed by atoms with Crippen LogP contribution in [0.25, 0.3) is 0 Å². The zero-order chi connectivity index (χ0) is 12.7. The minimum absolute atomic E-state index is 0.211. The number of ether oxygens (including phenoxy) is 1. The normalized spacial score (nSPS) is 11.9. The molecule has 1 aromatic rings. The fourth-order valence-electron chi connectivity index (χ4n) is 1.81. The average molecular weight is 252 g/mol. The summed E-state index contributed by atoms with van der Waals surface area (Å²) in [7, 11) is 1.65. The summed E-state index contributed by atoms with van der Waals surface area (Å²) >= 11 is 5.95. The number of halogens is 1. The van der Waals surface area contributed by atoms with E-state index >= 15 is 0 Å². The number of rotatable bonds is 6. The number of methoxy groups -OCH3 is 1. The maximum atomic E-state index is 5.95. The molecule has 0 aliphatic carbocycles. The molecule has 0 saturated carbocycles. The molecule has 0 aromatic heterocycles. The van der Waals surface area contributed by atoms with Crippen molar-refractivity contribution in [3.63, 3.8) is 0 Å². The van der Waals surface area contributed by atoms with Crippen LogP contribution < -0.4 is 10.1 Å². The number of hydrogen-bond acceptors (Lipinski definition) is 2. The van der Waals surface area contributed by atoms with Gasteiger partial charge in [0.1, 0.15) is 5.75 Å². The molecule has 1 unspecified atom stereocenters. The third-order valence-corrected chi connectivity index (χ3v) is 2.83. The smallest absolute Gasteiger partial charge is 0.125 e. The van der Waals surface area contributed by atoms with Crippen LogP contribution in [0.2, 0.25) is 5.02 Å². The van der Waals surface area contributed by atoms with E-state index in [-0.39, 0.29) is 6.04 Å². The average Bonchev–Trinajstić information content (AvgIpc) is 2.34. The van der Waals surface area contributed by atoms with Crippen LogP contribution in [0.15, 0.2) is 18.2 Å². The van der Waals surface area contributed by atoms with E-state index in [9.17, 15) is 0 Å². The molecule has 1 N–H and O–H groups in total. The predicted molar refractivity (Wildman–Crippen MR) is 72.5 cm³/mol. The molecule has 92 valence electrons. The molecule has 0 saturated heterocycles. The lowest BCUT2D eigenvalue weighted by atomic mass is 10.0. The maximum absolute atomic E-state index is 5.95. The topological polar surface area (TPSA) is 21.3 Å². The highest BCUT2D eigenvalue weighted by Gasteiger charge is 2.14. The Labute approximate surface area is 108 Å². The van der Waals surface area contributed by atoms with Crippen molar-refractivity contribution in [1.29, 1.82) is 0 Å². The molecule has 0 heterocycles. The third kappa shape index (κ3) is 3.96. The molecule has 1 atom stereocenters. The quantitative estimate of drug-likeness (QED) is 0.783. The Balaban J connectivity index is 2.96. The van der Waals surface area contributed by atoms with Gasteiger partial charge >= 0.3 is 0 Å². The Morgan fingerprint density at radius 2 is 2.29 bits per heavy atom. The van der Waals surface area contributed by atoms with Crippen LogP contribution in [-0.2, 0) is 0 Å². The van der Waals surface area contributed by atoms with Gasteiger partial charge < -0.3 is 10.1 Å². The van der Waals surface area contributed by atoms with Crippen LogP contribution >= 0.6 is 11.6 Å². The summed E-state index contributed by atoms with van der Waals surface area (Å²) in [6.07, 6.45) is 6.95. The van der Waals surface area contributed by atoms with Crippen molar-refractivity contribution < 1.29 is 4.74 Å². The fraction of sp³-hybridized carbons (Fsp3) is 0.429. The molecule has 3 heteroatoms. The highest BCUT2D eigenvalue weighted by molar-refractivity contribution is 6.30. The van der Waals surface area contributed by atoms with E-state index in [2.05, 4.69) is 18.2 Å². The van der Waals surface area contributed by atoms with E-state index in [1.165, 1.54) is 0 Å². The highest BCUT2D eigenvalue weighted by Crippen LogP contribution is 2.30. The minimum Gasteiger partial charge on any atom is -0.496 e. The summed E-state index contributed by atoms with van der Waals surface area (Å²) in [5.74, 6) is 3.47. The lowest BCUT2D eigenvalue weighted by molar-refractivity contribution is 0.397. The lowest BCUT2D eigenvalue weighted by Crippen LogP contribution is -2.21. The molecule has 1 rings (SSSR count). The summed E-state index contributed by atoms with van der Waals surface area (Å²) in [4.78, 5) is 0. The van der Waals surface area contributed by atoms with Crippen LogP contribution in [0, 0.1) is 12.3 Å². The van der Waals surface area contributed by atoms with Crippen molar-refractivity contribution in [2.45, 2.75) is 25.8 Å². The monoisotopic (exact) mass is 251 g/mol. The van der Waals surface area contributed by atoms with Crippen molar-refractivity contribution in [2.75, 3.05) is 13.7 Å². The molecule has 0 fully saturated rings. The molecule has 0 amide bonds. The van der Waals surface area contributed by atoms with Gasteiger partial charge in [-0.1, -0.05) is 24.6 Å². The highest BCUT2D eigenvalue weighted by atomic mass is 35.5. The van der Waals surface area contributed by atoms with E-state index in [4.69, 9.17) is 22.8 Å². The SMILES string of the molecule is C#CCCC(NCC)c1ccc(Cl)cc1OC. The first-order chi connectivity index (χ1) is 8.22. The van der Waals surface area contributed by atoms with Crippen LogP contribution in [0.5, 0.6) is 5.75 Å². The van der Waals surface area contributed by atoms with Gasteiger partial charge in [-0.2, -0.15) is 0 Å². The van der Waals surface area contributed by atoms with E-state index in [1.54, 1.807) is 7.11 Å². The number of hydrogen-bond donors (Lipinski definition) is 1. The van der Waals surface area contributed by atoms with Crippen molar-refractivity contribution in [2.24, 2.45) is 0 Å². The van der Waals surface area contributed by atoms with Crippen molar-refractivity contribution in [1.82, 2.24) is 5.32 Å². The Kier molecular flexibility index (Phi) is 5.90. The molecule has 0 radical (unpaired) electrons. The van der Waals surface area contributed by atoms with Gasteiger partial charge in [0.15, 0.2) is 0 Å². The van der Waals surface area contributed by atoms with E-state index in [0.29, 0.717) is 5.02 Å². The molecular formula is C14H18ClNO. The zero-order valence-corrected chi connectivity index (χ0v) is 11.1. The Morgan fingerprint density at radius 3 is 2.88 bits per heavy atom. The van der Waals surface area contributed by atoms with E-state index in [0.717, 1.165) is 30.7 Å². The molecule has 17 heavy (non-hydrogen) atoms. The van der Waals surface area contributed by atoms with Gasteiger partial charge in [0, 0.05) is 23.0 Å². The summed E-state index contributed by atoms with van der Waals surface area (Å²) < 4.78 is 5.36. The Morgan fingerprint density at radius 1 is 1.53 bits per heavy atom. The summed E-state index contributed by atoms with van der Waals surface area (Å²) in [6.45, 7) is 2.96. The van der Waals surface area contributed by atoms with Crippen LogP contribution in [-0.4, -0.2) is 13.7 Å². The molecule has 2 nitrogen and oxygen atoms in total. The maximum Gasteiger partial charge on any atom is 0.125 e. The molecule has 0 aliphatic rings. The van der Waals surface area contributed by atoms with Crippen molar-refractivity contribution in [3.8, 4) is 18.1 Å². The predicted octanol–water partition coefficient (Wildman–Crippen LogP) is 3.41. The number of terminal acetylenes is 1. The van der Waals surface area contributed by atoms with Gasteiger partial charge in [0.2, 0.25) is 0 Å². The van der Waals surface area contributed by atoms with Gasteiger partial charge in [-0.05, 0) is 25.1 Å². The first kappa shape index (κ1) is 13.9. The Hall–Kier alpha value is -1.17. The van der Waals surface area contributed by atoms with Crippen LogP contribution in [0.4, 0.5) is 0 Å². The van der Waals surface area contributed by atoms with Gasteiger partial charge in [-0.25, -0.2) is 0 Å². The molecule has 0 bridgehead atoms. The molecule has 0 aliphatic heterocycles. The van der Waals surface area contributed by atoms with Crippen LogP contribution in [0.3, 0.4) is 0 Å². The summed E-state index contributed by atoms with van der Waals surface area (Å²) in [6, 6.07) is 5.91. The molecule has 1 aromatic carbocycles. The van der Waals surface area contributed by atoms with Gasteiger partial charge in [-0.3, -0.25) is 0 Å². The van der Waals surface area contributed by atoms with Gasteiger partial charge in [0.05, 0.1) is 7.11 Å². The first-order valence-corrected chi connectivity index (χ1v) is 6.11. The van der Waals surface area contributed by atoms with E-state index in [1.807, 2.05) is 18.2 Å². The van der Waals surface area contributed by atoms with Crippen molar-refractivity contribution in [3.05, 3.63) is 28.8 Å². The number of benzene rings is 1. The Bertz CT molecular complexity index is 398. The fourth-order valence-corrected chi connectivity index (χ4v) is 1.98. The summed E-state index contributed by atoms with van der Waals surface area (Å²) in [5, 5.41) is 4.09. The second-order valence-electron chi connectivity index (χ2n) is 3.74. The molecular weight excluding hydrogens is 234 g/mol. The minimum atomic E-state index is 0.211. The largest absolute Gasteiger partial charge is 0.496 e. The van der Waals surface area contributed by atoms with Crippen molar-refractivity contribution >= 4 is 11.6 Å². The zero-order valence-electron chi connectivity index (χ0n) is 10.3. The first-order valence-electron chi connectivity index (χ1n) is 5.73. The van der Waals surface area contributed by atoms with Gasteiger partial charge in [0.25, 0.3) is 0 Å². The number of nitrogens with one attached hydrogen (secondary N) is 1. The molecule has 0 spiro atoms. The summed E-state index contributed by atoms with van der Waals surface area (Å²) in [5.41, 5.74) is 1.11. The van der Waals surface area contributed by atoms with Gasteiger partial charge in [-0.15, -0.1) is 12.3 Å². The second-order valence-corrected chi connectivity index (χ2v) is 4.18. The van der Waals surface area contributed by atoms with E-state index < -0.39 is 0 Å². The third-order valence-electron chi connectivity index (χ3n) is 2.60. The second kappa shape index (κ2) is 7.21. The standard InChI is InChI=1S/C14H18ClNO/c1-4-6-7-13(16-5-2)12-9-8-11(15)10-14(12)17-3/h1,8-10,13,16H,5-7H2,2-3H3. The lowest BCUT2D eigenvalue weighted by Gasteiger charge is -2.20. The van der Waals surface area contributed by atoms with Crippen LogP contribution in [0.1, 0.15) is 31.4 Å².